The molecule has 0 unspecified atom stereocenters. The molecule has 1 amide bonds. The number of hydrogen-bond donors (Lipinski definition) is 3. The molecule has 1 aliphatic heterocycles. The van der Waals surface area contributed by atoms with Gasteiger partial charge in [0.15, 0.2) is 11.7 Å². The Hall–Kier alpha value is -3.39. The molecule has 1 atom stereocenters. The van der Waals surface area contributed by atoms with Crippen LogP contribution in [0.3, 0.4) is 0 Å². The Labute approximate surface area is 180 Å². The normalized spacial score (nSPS) is 15.7. The van der Waals surface area contributed by atoms with E-state index in [0.717, 1.165) is 11.1 Å². The van der Waals surface area contributed by atoms with Crippen LogP contribution >= 0.6 is 12.2 Å². The van der Waals surface area contributed by atoms with E-state index in [0.29, 0.717) is 28.7 Å². The zero-order valence-electron chi connectivity index (χ0n) is 16.7. The summed E-state index contributed by atoms with van der Waals surface area (Å²) in [5.74, 6) is -0.119. The number of amides is 1. The van der Waals surface area contributed by atoms with Crippen molar-refractivity contribution in [1.82, 2.24) is 16.0 Å². The molecule has 0 bridgehead atoms. The van der Waals surface area contributed by atoms with Crippen LogP contribution in [0.25, 0.3) is 0 Å². The van der Waals surface area contributed by atoms with Crippen molar-refractivity contribution in [3.05, 3.63) is 77.0 Å². The first-order valence-corrected chi connectivity index (χ1v) is 9.78. The molecule has 3 rings (SSSR count). The van der Waals surface area contributed by atoms with Gasteiger partial charge in [0.2, 0.25) is 0 Å². The third kappa shape index (κ3) is 5.36. The summed E-state index contributed by atoms with van der Waals surface area (Å²) < 4.78 is 9.94. The van der Waals surface area contributed by atoms with Crippen molar-refractivity contribution in [3.8, 4) is 5.75 Å². The van der Waals surface area contributed by atoms with Crippen molar-refractivity contribution >= 4 is 29.2 Å². The number of rotatable bonds is 7. The lowest BCUT2D eigenvalue weighted by Gasteiger charge is -2.30. The van der Waals surface area contributed by atoms with E-state index in [9.17, 15) is 9.59 Å². The maximum atomic E-state index is 13.0. The van der Waals surface area contributed by atoms with Crippen molar-refractivity contribution < 1.29 is 19.1 Å². The molecule has 3 N–H and O–H groups in total. The number of methoxy groups -OCH3 is 1. The maximum Gasteiger partial charge on any atom is 0.343 e. The Morgan fingerprint density at radius 2 is 1.80 bits per heavy atom. The number of benzene rings is 2. The summed E-state index contributed by atoms with van der Waals surface area (Å²) in [4.78, 5) is 24.2. The van der Waals surface area contributed by atoms with Crippen molar-refractivity contribution in [2.75, 3.05) is 13.7 Å². The minimum Gasteiger partial charge on any atom is -0.482 e. The van der Waals surface area contributed by atoms with E-state index in [-0.39, 0.29) is 12.5 Å². The van der Waals surface area contributed by atoms with Crippen LogP contribution in [0.2, 0.25) is 0 Å². The summed E-state index contributed by atoms with van der Waals surface area (Å²) in [5, 5.41) is 9.59. The van der Waals surface area contributed by atoms with E-state index in [1.54, 1.807) is 12.1 Å². The second-order valence-corrected chi connectivity index (χ2v) is 7.08. The molecular weight excluding hydrogens is 402 g/mol. The number of ether oxygens (including phenoxy) is 2. The molecule has 1 aliphatic rings. The van der Waals surface area contributed by atoms with Crippen molar-refractivity contribution in [2.45, 2.75) is 19.5 Å². The highest BCUT2D eigenvalue weighted by Gasteiger charge is 2.29. The number of hydrogen-bond acceptors (Lipinski definition) is 5. The molecule has 2 aromatic rings. The average molecular weight is 426 g/mol. The summed E-state index contributed by atoms with van der Waals surface area (Å²) in [6.07, 6.45) is 0. The topological polar surface area (TPSA) is 88.7 Å². The standard InChI is InChI=1S/C22H23N3O4S/c1-14-19(21(27)23-12-15-6-4-3-5-7-15)20(25-22(30)24-14)16-8-10-17(11-9-16)29-13-18(26)28-2/h3-11,20H,12-13H2,1-2H3,(H,23,27)(H2,24,25,30)/t20-/m1/s1. The largest absolute Gasteiger partial charge is 0.482 e. The average Bonchev–Trinajstić information content (AvgIpc) is 2.76. The van der Waals surface area contributed by atoms with Gasteiger partial charge in [-0.15, -0.1) is 0 Å². The minimum atomic E-state index is -0.458. The zero-order valence-corrected chi connectivity index (χ0v) is 17.5. The third-order valence-electron chi connectivity index (χ3n) is 4.61. The Kier molecular flexibility index (Phi) is 7.03. The monoisotopic (exact) mass is 425 g/mol. The van der Waals surface area contributed by atoms with Crippen molar-refractivity contribution in [3.63, 3.8) is 0 Å². The van der Waals surface area contributed by atoms with Gasteiger partial charge in [-0.2, -0.15) is 0 Å². The van der Waals surface area contributed by atoms with Crippen LogP contribution < -0.4 is 20.7 Å². The van der Waals surface area contributed by atoms with Gasteiger partial charge in [0.25, 0.3) is 5.91 Å². The summed E-state index contributed by atoms with van der Waals surface area (Å²) >= 11 is 5.29. The second kappa shape index (κ2) is 9.89. The van der Waals surface area contributed by atoms with Crippen molar-refractivity contribution in [1.29, 1.82) is 0 Å². The highest BCUT2D eigenvalue weighted by Crippen LogP contribution is 2.28. The molecule has 1 heterocycles. The quantitative estimate of drug-likeness (QED) is 0.464. The van der Waals surface area contributed by atoms with Gasteiger partial charge >= 0.3 is 5.97 Å². The van der Waals surface area contributed by atoms with Gasteiger partial charge in [0.05, 0.1) is 18.7 Å². The van der Waals surface area contributed by atoms with Crippen LogP contribution in [-0.2, 0) is 20.9 Å². The van der Waals surface area contributed by atoms with Crippen LogP contribution in [0.4, 0.5) is 0 Å². The summed E-state index contributed by atoms with van der Waals surface area (Å²) in [6.45, 7) is 2.08. The summed E-state index contributed by atoms with van der Waals surface area (Å²) in [6, 6.07) is 16.4. The lowest BCUT2D eigenvalue weighted by molar-refractivity contribution is -0.142. The van der Waals surface area contributed by atoms with Gasteiger partial charge in [-0.05, 0) is 42.4 Å². The van der Waals surface area contributed by atoms with Gasteiger partial charge in [-0.3, -0.25) is 4.79 Å². The predicted molar refractivity (Wildman–Crippen MR) is 117 cm³/mol. The van der Waals surface area contributed by atoms with Crippen LogP contribution in [0.5, 0.6) is 5.75 Å². The molecule has 2 aromatic carbocycles. The molecule has 0 fully saturated rings. The van der Waals surface area contributed by atoms with Gasteiger partial charge in [-0.25, -0.2) is 4.79 Å². The lowest BCUT2D eigenvalue weighted by Crippen LogP contribution is -2.46. The minimum absolute atomic E-state index is 0.169. The number of allylic oxidation sites excluding steroid dienone is 1. The molecule has 0 saturated heterocycles. The van der Waals surface area contributed by atoms with E-state index in [1.807, 2.05) is 49.4 Å². The second-order valence-electron chi connectivity index (χ2n) is 6.67. The molecular formula is C22H23N3O4S. The summed E-state index contributed by atoms with van der Waals surface area (Å²) in [7, 11) is 1.31. The molecule has 0 aromatic heterocycles. The molecule has 30 heavy (non-hydrogen) atoms. The van der Waals surface area contributed by atoms with E-state index in [4.69, 9.17) is 17.0 Å². The molecule has 0 spiro atoms. The fraction of sp³-hybridized carbons (Fsp3) is 0.227. The smallest absolute Gasteiger partial charge is 0.343 e. The number of nitrogens with one attached hydrogen (secondary N) is 3. The highest BCUT2D eigenvalue weighted by atomic mass is 32.1. The lowest BCUT2D eigenvalue weighted by atomic mass is 9.95. The first kappa shape index (κ1) is 21.3. The van der Waals surface area contributed by atoms with Crippen molar-refractivity contribution in [2.24, 2.45) is 0 Å². The third-order valence-corrected chi connectivity index (χ3v) is 4.83. The first-order valence-electron chi connectivity index (χ1n) is 9.38. The highest BCUT2D eigenvalue weighted by molar-refractivity contribution is 7.80. The fourth-order valence-corrected chi connectivity index (χ4v) is 3.35. The number of thiocarbonyl (C=S) groups is 1. The molecule has 0 aliphatic carbocycles. The Morgan fingerprint density at radius 3 is 2.47 bits per heavy atom. The van der Waals surface area contributed by atoms with Gasteiger partial charge in [-0.1, -0.05) is 42.5 Å². The summed E-state index contributed by atoms with van der Waals surface area (Å²) in [5.41, 5.74) is 3.11. The predicted octanol–water partition coefficient (Wildman–Crippen LogP) is 2.35. The van der Waals surface area contributed by atoms with Gasteiger partial charge < -0.3 is 25.4 Å². The van der Waals surface area contributed by atoms with Gasteiger partial charge in [0.1, 0.15) is 5.75 Å². The maximum absolute atomic E-state index is 13.0. The van der Waals surface area contributed by atoms with E-state index in [2.05, 4.69) is 20.7 Å². The molecule has 0 saturated carbocycles. The van der Waals surface area contributed by atoms with Crippen LogP contribution in [-0.4, -0.2) is 30.7 Å². The molecule has 156 valence electrons. The molecule has 8 heteroatoms. The number of carbonyl (C=O) groups is 2. The Morgan fingerprint density at radius 1 is 1.10 bits per heavy atom. The van der Waals surface area contributed by atoms with Crippen LogP contribution in [0, 0.1) is 0 Å². The van der Waals surface area contributed by atoms with Crippen LogP contribution in [0.1, 0.15) is 24.1 Å². The van der Waals surface area contributed by atoms with Gasteiger partial charge in [0, 0.05) is 12.2 Å². The number of carbonyl (C=O) groups excluding carboxylic acids is 2. The molecule has 0 radical (unpaired) electrons. The van der Waals surface area contributed by atoms with E-state index < -0.39 is 12.0 Å². The molecule has 7 nitrogen and oxygen atoms in total. The Balaban J connectivity index is 1.76. The number of esters is 1. The van der Waals surface area contributed by atoms with Crippen LogP contribution in [0.15, 0.2) is 65.9 Å². The van der Waals surface area contributed by atoms with E-state index in [1.165, 1.54) is 7.11 Å². The Bertz CT molecular complexity index is 958. The fourth-order valence-electron chi connectivity index (χ4n) is 3.08. The zero-order chi connectivity index (χ0) is 21.5. The van der Waals surface area contributed by atoms with E-state index >= 15 is 0 Å². The first-order chi connectivity index (χ1) is 14.5. The SMILES string of the molecule is COC(=O)COc1ccc([C@H]2NC(=S)NC(C)=C2C(=O)NCc2ccccc2)cc1.